The monoisotopic (exact) mass is 387 g/mol. The molecule has 0 spiro atoms. The number of carbonyl (C=O) groups excluding carboxylic acids is 1. The Kier molecular flexibility index (Phi) is 5.48. The molecular weight excluding hydrogens is 358 g/mol. The van der Waals surface area contributed by atoms with Gasteiger partial charge in [-0.25, -0.2) is 9.78 Å². The molecule has 1 amide bonds. The third kappa shape index (κ3) is 4.04. The quantitative estimate of drug-likeness (QED) is 0.840. The van der Waals surface area contributed by atoms with Crippen molar-refractivity contribution in [2.45, 2.75) is 65.1 Å². The van der Waals surface area contributed by atoms with Crippen LogP contribution >= 0.6 is 0 Å². The first-order valence-corrected chi connectivity index (χ1v) is 9.73. The summed E-state index contributed by atoms with van der Waals surface area (Å²) in [6, 6.07) is 5.05. The maximum Gasteiger partial charge on any atom is 0.408 e. The highest BCUT2D eigenvalue weighted by Crippen LogP contribution is 2.38. The number of nitrogens with one attached hydrogen (secondary N) is 1. The van der Waals surface area contributed by atoms with Crippen LogP contribution in [-0.2, 0) is 4.74 Å². The fourth-order valence-corrected chi connectivity index (χ4v) is 3.69. The van der Waals surface area contributed by atoms with Crippen molar-refractivity contribution in [3.05, 3.63) is 39.9 Å². The van der Waals surface area contributed by atoms with E-state index in [1.165, 1.54) is 0 Å². The van der Waals surface area contributed by atoms with Crippen molar-refractivity contribution in [3.8, 4) is 0 Å². The Labute approximate surface area is 164 Å². The highest BCUT2D eigenvalue weighted by Gasteiger charge is 2.34. The van der Waals surface area contributed by atoms with Crippen LogP contribution in [0.15, 0.2) is 23.0 Å². The molecule has 1 saturated carbocycles. The molecule has 3 rings (SSSR count). The van der Waals surface area contributed by atoms with Crippen LogP contribution in [0.2, 0.25) is 0 Å². The Morgan fingerprint density at radius 1 is 1.39 bits per heavy atom. The first-order valence-electron chi connectivity index (χ1n) is 9.73. The van der Waals surface area contributed by atoms with Crippen molar-refractivity contribution in [1.82, 2.24) is 14.9 Å². The second-order valence-electron chi connectivity index (χ2n) is 8.66. The summed E-state index contributed by atoms with van der Waals surface area (Å²) in [4.78, 5) is 30.3. The zero-order valence-electron chi connectivity index (χ0n) is 17.2. The number of amides is 1. The zero-order chi connectivity index (χ0) is 20.6. The predicted molar refractivity (Wildman–Crippen MR) is 107 cm³/mol. The van der Waals surface area contributed by atoms with Gasteiger partial charge in [0.2, 0.25) is 0 Å². The summed E-state index contributed by atoms with van der Waals surface area (Å²) in [5, 5.41) is 12.8. The SMILES string of the molecule is Cc1cccc2nc([C@H](C)NC(=O)OC(C)(C)C)n(C3CC(CO)C3)c(=O)c12. The number of fused-ring (bicyclic) bond motifs is 1. The molecule has 2 N–H and O–H groups in total. The van der Waals surface area contributed by atoms with E-state index in [9.17, 15) is 14.7 Å². The van der Waals surface area contributed by atoms with E-state index in [0.29, 0.717) is 16.7 Å². The van der Waals surface area contributed by atoms with Gasteiger partial charge in [0.05, 0.1) is 16.9 Å². The molecule has 0 aliphatic heterocycles. The largest absolute Gasteiger partial charge is 0.444 e. The third-order valence-corrected chi connectivity index (χ3v) is 5.12. The number of hydrogen-bond acceptors (Lipinski definition) is 5. The van der Waals surface area contributed by atoms with Crippen LogP contribution in [0.3, 0.4) is 0 Å². The van der Waals surface area contributed by atoms with Crippen LogP contribution < -0.4 is 10.9 Å². The predicted octanol–water partition coefficient (Wildman–Crippen LogP) is 3.23. The van der Waals surface area contributed by atoms with Crippen LogP contribution in [-0.4, -0.2) is 33.0 Å². The number of nitrogens with zero attached hydrogens (tertiary/aromatic N) is 2. The van der Waals surface area contributed by atoms with Gasteiger partial charge in [-0.3, -0.25) is 9.36 Å². The second kappa shape index (κ2) is 7.54. The maximum atomic E-state index is 13.3. The fourth-order valence-electron chi connectivity index (χ4n) is 3.69. The highest BCUT2D eigenvalue weighted by molar-refractivity contribution is 5.81. The van der Waals surface area contributed by atoms with Gasteiger partial charge in [-0.1, -0.05) is 12.1 Å². The average Bonchev–Trinajstić information content (AvgIpc) is 2.53. The summed E-state index contributed by atoms with van der Waals surface area (Å²) in [7, 11) is 0. The van der Waals surface area contributed by atoms with Crippen LogP contribution in [0.4, 0.5) is 4.79 Å². The molecule has 0 bridgehead atoms. The molecule has 1 aromatic carbocycles. The van der Waals surface area contributed by atoms with Crippen molar-refractivity contribution < 1.29 is 14.6 Å². The summed E-state index contributed by atoms with van der Waals surface area (Å²) in [6.07, 6.45) is 0.899. The number of aryl methyl sites for hydroxylation is 1. The van der Waals surface area contributed by atoms with E-state index in [-0.39, 0.29) is 24.1 Å². The van der Waals surface area contributed by atoms with Crippen molar-refractivity contribution in [2.75, 3.05) is 6.61 Å². The lowest BCUT2D eigenvalue weighted by Gasteiger charge is -2.37. The number of hydrogen-bond donors (Lipinski definition) is 2. The highest BCUT2D eigenvalue weighted by atomic mass is 16.6. The number of alkyl carbamates (subject to hydrolysis) is 1. The minimum atomic E-state index is -0.611. The molecule has 28 heavy (non-hydrogen) atoms. The normalized spacial score (nSPS) is 20.5. The fraction of sp³-hybridized carbons (Fsp3) is 0.571. The second-order valence-corrected chi connectivity index (χ2v) is 8.66. The van der Waals surface area contributed by atoms with Gasteiger partial charge >= 0.3 is 6.09 Å². The molecule has 1 fully saturated rings. The van der Waals surface area contributed by atoms with E-state index < -0.39 is 17.7 Å². The molecule has 2 aromatic rings. The minimum absolute atomic E-state index is 0.0287. The van der Waals surface area contributed by atoms with Crippen molar-refractivity contribution in [2.24, 2.45) is 5.92 Å². The van der Waals surface area contributed by atoms with Gasteiger partial charge in [0.1, 0.15) is 11.4 Å². The molecule has 0 radical (unpaired) electrons. The molecule has 7 nitrogen and oxygen atoms in total. The lowest BCUT2D eigenvalue weighted by Crippen LogP contribution is -2.41. The topological polar surface area (TPSA) is 93.4 Å². The van der Waals surface area contributed by atoms with Gasteiger partial charge in [-0.2, -0.15) is 0 Å². The van der Waals surface area contributed by atoms with E-state index >= 15 is 0 Å². The van der Waals surface area contributed by atoms with Crippen molar-refractivity contribution in [3.63, 3.8) is 0 Å². The van der Waals surface area contributed by atoms with E-state index in [1.807, 2.05) is 25.1 Å². The molecule has 152 valence electrons. The van der Waals surface area contributed by atoms with Crippen LogP contribution in [0.5, 0.6) is 0 Å². The number of aliphatic hydroxyl groups is 1. The lowest BCUT2D eigenvalue weighted by molar-refractivity contribution is 0.0501. The van der Waals surface area contributed by atoms with E-state index in [2.05, 4.69) is 5.32 Å². The summed E-state index contributed by atoms with van der Waals surface area (Å²) in [5.41, 5.74) is 0.783. The van der Waals surface area contributed by atoms with Crippen LogP contribution in [0.25, 0.3) is 10.9 Å². The molecule has 1 heterocycles. The molecule has 1 aliphatic carbocycles. The molecular formula is C21H29N3O4. The third-order valence-electron chi connectivity index (χ3n) is 5.12. The molecule has 1 aliphatic rings. The Hall–Kier alpha value is -2.41. The summed E-state index contributed by atoms with van der Waals surface area (Å²) >= 11 is 0. The Bertz CT molecular complexity index is 939. The Morgan fingerprint density at radius 3 is 2.68 bits per heavy atom. The number of rotatable bonds is 4. The first-order chi connectivity index (χ1) is 13.1. The van der Waals surface area contributed by atoms with Crippen molar-refractivity contribution in [1.29, 1.82) is 0 Å². The number of aromatic nitrogens is 2. The van der Waals surface area contributed by atoms with Gasteiger partial charge in [0.25, 0.3) is 5.56 Å². The van der Waals surface area contributed by atoms with Crippen molar-refractivity contribution >= 4 is 17.0 Å². The summed E-state index contributed by atoms with van der Waals surface area (Å²) in [6.45, 7) is 9.21. The van der Waals surface area contributed by atoms with E-state index in [4.69, 9.17) is 9.72 Å². The van der Waals surface area contributed by atoms with Crippen LogP contribution in [0.1, 0.15) is 64.0 Å². The van der Waals surface area contributed by atoms with E-state index in [1.54, 1.807) is 32.3 Å². The Morgan fingerprint density at radius 2 is 2.07 bits per heavy atom. The van der Waals surface area contributed by atoms with Gasteiger partial charge in [-0.05, 0) is 65.0 Å². The molecule has 1 aromatic heterocycles. The van der Waals surface area contributed by atoms with Gasteiger partial charge in [-0.15, -0.1) is 0 Å². The number of benzene rings is 1. The number of carbonyl (C=O) groups is 1. The Balaban J connectivity index is 2.02. The first kappa shape index (κ1) is 20.3. The van der Waals surface area contributed by atoms with E-state index in [0.717, 1.165) is 18.4 Å². The van der Waals surface area contributed by atoms with Gasteiger partial charge in [0.15, 0.2) is 0 Å². The molecule has 0 unspecified atom stereocenters. The molecule has 0 saturated heterocycles. The molecule has 1 atom stereocenters. The average molecular weight is 387 g/mol. The maximum absolute atomic E-state index is 13.3. The summed E-state index contributed by atoms with van der Waals surface area (Å²) in [5.74, 6) is 0.710. The number of aliphatic hydroxyl groups excluding tert-OH is 1. The summed E-state index contributed by atoms with van der Waals surface area (Å²) < 4.78 is 7.04. The smallest absolute Gasteiger partial charge is 0.408 e. The zero-order valence-corrected chi connectivity index (χ0v) is 17.2. The van der Waals surface area contributed by atoms with Crippen LogP contribution in [0, 0.1) is 12.8 Å². The lowest BCUT2D eigenvalue weighted by atomic mass is 9.80. The standard InChI is InChI=1S/C21H29N3O4/c1-12-7-6-8-16-17(12)19(26)24(15-9-14(10-15)11-25)18(23-16)13(2)22-20(27)28-21(3,4)5/h6-8,13-15,25H,9-11H2,1-5H3,(H,22,27)/t13-,14?,15?/m0/s1. The molecule has 7 heteroatoms. The van der Waals surface area contributed by atoms with Gasteiger partial charge < -0.3 is 15.2 Å². The minimum Gasteiger partial charge on any atom is -0.444 e. The number of ether oxygens (including phenoxy) is 1. The van der Waals surface area contributed by atoms with Gasteiger partial charge in [0, 0.05) is 12.6 Å².